The number of anilines is 2. The number of carbonyl (C=O) groups excluding carboxylic acids is 1. The van der Waals surface area contributed by atoms with Crippen molar-refractivity contribution in [3.05, 3.63) is 54.1 Å². The van der Waals surface area contributed by atoms with E-state index >= 15 is 0 Å². The van der Waals surface area contributed by atoms with Crippen LogP contribution in [0.2, 0.25) is 0 Å². The molecule has 2 aromatic carbocycles. The van der Waals surface area contributed by atoms with Crippen molar-refractivity contribution in [1.29, 1.82) is 0 Å². The molecular weight excluding hydrogens is 300 g/mol. The van der Waals surface area contributed by atoms with Gasteiger partial charge in [-0.25, -0.2) is 0 Å². The predicted molar refractivity (Wildman–Crippen MR) is 98.1 cm³/mol. The third-order valence-corrected chi connectivity index (χ3v) is 4.26. The number of carbonyl (C=O) groups is 1. The summed E-state index contributed by atoms with van der Waals surface area (Å²) in [4.78, 5) is 15.0. The minimum Gasteiger partial charge on any atom is -0.494 e. The number of para-hydroxylation sites is 2. The molecule has 0 spiro atoms. The van der Waals surface area contributed by atoms with Crippen LogP contribution in [0.25, 0.3) is 0 Å². The van der Waals surface area contributed by atoms with Crippen molar-refractivity contribution in [2.24, 2.45) is 0 Å². The van der Waals surface area contributed by atoms with Crippen LogP contribution < -0.4 is 15.0 Å². The van der Waals surface area contributed by atoms with Gasteiger partial charge < -0.3 is 15.0 Å². The zero-order chi connectivity index (χ0) is 16.8. The zero-order valence-electron chi connectivity index (χ0n) is 14.1. The number of benzene rings is 2. The van der Waals surface area contributed by atoms with Crippen molar-refractivity contribution in [2.45, 2.75) is 26.2 Å². The van der Waals surface area contributed by atoms with Crippen molar-refractivity contribution in [3.63, 3.8) is 0 Å². The van der Waals surface area contributed by atoms with Gasteiger partial charge in [-0.2, -0.15) is 0 Å². The highest BCUT2D eigenvalue weighted by molar-refractivity contribution is 6.06. The van der Waals surface area contributed by atoms with Gasteiger partial charge in [0.15, 0.2) is 0 Å². The molecule has 0 bridgehead atoms. The number of hydrogen-bond acceptors (Lipinski definition) is 3. The van der Waals surface area contributed by atoms with Crippen LogP contribution in [0, 0.1) is 0 Å². The van der Waals surface area contributed by atoms with E-state index < -0.39 is 0 Å². The topological polar surface area (TPSA) is 41.6 Å². The number of nitrogens with zero attached hydrogens (tertiary/aromatic N) is 1. The smallest absolute Gasteiger partial charge is 0.255 e. The fourth-order valence-corrected chi connectivity index (χ4v) is 3.08. The zero-order valence-corrected chi connectivity index (χ0v) is 14.1. The Kier molecular flexibility index (Phi) is 5.36. The molecule has 1 heterocycles. The fourth-order valence-electron chi connectivity index (χ4n) is 3.08. The van der Waals surface area contributed by atoms with Crippen LogP contribution >= 0.6 is 0 Å². The SMILES string of the molecule is CCOc1cccc(C(=O)Nc2ccccc2N2CCCCC2)c1. The molecule has 0 aromatic heterocycles. The molecule has 0 radical (unpaired) electrons. The molecule has 1 fully saturated rings. The minimum absolute atomic E-state index is 0.110. The van der Waals surface area contributed by atoms with Crippen LogP contribution in [0.4, 0.5) is 11.4 Å². The van der Waals surface area contributed by atoms with E-state index in [4.69, 9.17) is 4.74 Å². The molecule has 24 heavy (non-hydrogen) atoms. The number of hydrogen-bond donors (Lipinski definition) is 1. The van der Waals surface area contributed by atoms with E-state index in [2.05, 4.69) is 16.3 Å². The molecule has 1 aliphatic heterocycles. The summed E-state index contributed by atoms with van der Waals surface area (Å²) in [5, 5.41) is 3.06. The van der Waals surface area contributed by atoms with Gasteiger partial charge in [-0.05, 0) is 56.5 Å². The quantitative estimate of drug-likeness (QED) is 0.890. The Labute approximate surface area is 143 Å². The van der Waals surface area contributed by atoms with Gasteiger partial charge in [0.05, 0.1) is 18.0 Å². The number of rotatable bonds is 5. The van der Waals surface area contributed by atoms with Crippen LogP contribution in [-0.4, -0.2) is 25.6 Å². The maximum Gasteiger partial charge on any atom is 0.255 e. The molecule has 1 saturated heterocycles. The van der Waals surface area contributed by atoms with Crippen molar-refractivity contribution in [1.82, 2.24) is 0 Å². The summed E-state index contributed by atoms with van der Waals surface area (Å²) < 4.78 is 5.48. The van der Waals surface area contributed by atoms with E-state index in [1.54, 1.807) is 12.1 Å². The van der Waals surface area contributed by atoms with Crippen LogP contribution in [-0.2, 0) is 0 Å². The highest BCUT2D eigenvalue weighted by atomic mass is 16.5. The van der Waals surface area contributed by atoms with E-state index in [0.29, 0.717) is 12.2 Å². The molecule has 0 atom stereocenters. The molecule has 0 aliphatic carbocycles. The van der Waals surface area contributed by atoms with Gasteiger partial charge in [-0.1, -0.05) is 18.2 Å². The highest BCUT2D eigenvalue weighted by Crippen LogP contribution is 2.28. The molecule has 126 valence electrons. The Hall–Kier alpha value is -2.49. The van der Waals surface area contributed by atoms with Gasteiger partial charge in [-0.3, -0.25) is 4.79 Å². The molecule has 0 saturated carbocycles. The van der Waals surface area contributed by atoms with Gasteiger partial charge in [0.25, 0.3) is 5.91 Å². The second-order valence-electron chi connectivity index (χ2n) is 5.98. The summed E-state index contributed by atoms with van der Waals surface area (Å²) in [6, 6.07) is 15.3. The lowest BCUT2D eigenvalue weighted by atomic mass is 10.1. The van der Waals surface area contributed by atoms with E-state index in [0.717, 1.165) is 30.2 Å². The molecule has 1 N–H and O–H groups in total. The van der Waals surface area contributed by atoms with Crippen molar-refractivity contribution < 1.29 is 9.53 Å². The summed E-state index contributed by atoms with van der Waals surface area (Å²) in [6.45, 7) is 4.61. The average molecular weight is 324 g/mol. The van der Waals surface area contributed by atoms with Crippen LogP contribution in [0.5, 0.6) is 5.75 Å². The minimum atomic E-state index is -0.110. The Morgan fingerprint density at radius 2 is 1.88 bits per heavy atom. The molecule has 4 nitrogen and oxygen atoms in total. The van der Waals surface area contributed by atoms with E-state index in [1.165, 1.54) is 19.3 Å². The first kappa shape index (κ1) is 16.4. The summed E-state index contributed by atoms with van der Waals surface area (Å²) in [5.74, 6) is 0.607. The Morgan fingerprint density at radius 3 is 2.67 bits per heavy atom. The summed E-state index contributed by atoms with van der Waals surface area (Å²) >= 11 is 0. The fraction of sp³-hybridized carbons (Fsp3) is 0.350. The molecule has 1 aliphatic rings. The molecule has 4 heteroatoms. The molecule has 3 rings (SSSR count). The van der Waals surface area contributed by atoms with Crippen LogP contribution in [0.1, 0.15) is 36.5 Å². The lowest BCUT2D eigenvalue weighted by molar-refractivity contribution is 0.102. The summed E-state index contributed by atoms with van der Waals surface area (Å²) in [7, 11) is 0. The first-order valence-electron chi connectivity index (χ1n) is 8.66. The number of piperidine rings is 1. The lowest BCUT2D eigenvalue weighted by Crippen LogP contribution is -2.30. The predicted octanol–water partition coefficient (Wildman–Crippen LogP) is 4.33. The van der Waals surface area contributed by atoms with Gasteiger partial charge in [-0.15, -0.1) is 0 Å². The second-order valence-corrected chi connectivity index (χ2v) is 5.98. The monoisotopic (exact) mass is 324 g/mol. The van der Waals surface area contributed by atoms with Crippen molar-refractivity contribution in [3.8, 4) is 5.75 Å². The van der Waals surface area contributed by atoms with Gasteiger partial charge in [0.2, 0.25) is 0 Å². The maximum atomic E-state index is 12.6. The lowest BCUT2D eigenvalue weighted by Gasteiger charge is -2.30. The first-order valence-corrected chi connectivity index (χ1v) is 8.66. The molecular formula is C20H24N2O2. The van der Waals surface area contributed by atoms with Crippen LogP contribution in [0.15, 0.2) is 48.5 Å². The third-order valence-electron chi connectivity index (χ3n) is 4.26. The molecule has 1 amide bonds. The number of nitrogens with one attached hydrogen (secondary N) is 1. The Bertz CT molecular complexity index is 694. The third kappa shape index (κ3) is 3.88. The largest absolute Gasteiger partial charge is 0.494 e. The maximum absolute atomic E-state index is 12.6. The standard InChI is InChI=1S/C20H24N2O2/c1-2-24-17-10-8-9-16(15-17)20(23)21-18-11-4-5-12-19(18)22-13-6-3-7-14-22/h4-5,8-12,15H,2-3,6-7,13-14H2,1H3,(H,21,23). The second kappa shape index (κ2) is 7.86. The summed E-state index contributed by atoms with van der Waals surface area (Å²) in [6.07, 6.45) is 3.70. The normalized spacial score (nSPS) is 14.3. The first-order chi connectivity index (χ1) is 11.8. The highest BCUT2D eigenvalue weighted by Gasteiger charge is 2.16. The van der Waals surface area contributed by atoms with Crippen molar-refractivity contribution >= 4 is 17.3 Å². The average Bonchev–Trinajstić information content (AvgIpc) is 2.63. The van der Waals surface area contributed by atoms with E-state index in [-0.39, 0.29) is 5.91 Å². The molecule has 2 aromatic rings. The number of ether oxygens (including phenoxy) is 1. The molecule has 0 unspecified atom stereocenters. The van der Waals surface area contributed by atoms with E-state index in [9.17, 15) is 4.79 Å². The van der Waals surface area contributed by atoms with Gasteiger partial charge in [0.1, 0.15) is 5.75 Å². The summed E-state index contributed by atoms with van der Waals surface area (Å²) in [5.41, 5.74) is 2.58. The number of amides is 1. The Morgan fingerprint density at radius 1 is 1.08 bits per heavy atom. The van der Waals surface area contributed by atoms with Gasteiger partial charge in [0, 0.05) is 18.7 Å². The van der Waals surface area contributed by atoms with E-state index in [1.807, 2.05) is 37.3 Å². The van der Waals surface area contributed by atoms with Gasteiger partial charge >= 0.3 is 0 Å². The van der Waals surface area contributed by atoms with Crippen molar-refractivity contribution in [2.75, 3.05) is 29.9 Å². The van der Waals surface area contributed by atoms with Crippen LogP contribution in [0.3, 0.4) is 0 Å². The Balaban J connectivity index is 1.78.